The fourth-order valence-electron chi connectivity index (χ4n) is 2.22. The predicted octanol–water partition coefficient (Wildman–Crippen LogP) is 3.41. The van der Waals surface area contributed by atoms with Crippen molar-refractivity contribution < 1.29 is 9.90 Å². The van der Waals surface area contributed by atoms with Crippen LogP contribution in [0.4, 0.5) is 0 Å². The number of nitrogens with zero attached hydrogens (tertiary/aromatic N) is 1. The fraction of sp³-hybridized carbons (Fsp3) is 0.294. The summed E-state index contributed by atoms with van der Waals surface area (Å²) in [6.07, 6.45) is 3.91. The van der Waals surface area contributed by atoms with Gasteiger partial charge in [0.2, 0.25) is 0 Å². The van der Waals surface area contributed by atoms with Crippen molar-refractivity contribution in [3.63, 3.8) is 0 Å². The maximum absolute atomic E-state index is 12.0. The summed E-state index contributed by atoms with van der Waals surface area (Å²) in [4.78, 5) is 12.0. The van der Waals surface area contributed by atoms with Gasteiger partial charge in [0, 0.05) is 5.56 Å². The molecule has 21 heavy (non-hydrogen) atoms. The first-order chi connectivity index (χ1) is 9.97. The predicted molar refractivity (Wildman–Crippen MR) is 84.3 cm³/mol. The molecule has 1 aliphatic carbocycles. The van der Waals surface area contributed by atoms with E-state index in [9.17, 15) is 9.90 Å². The molecule has 0 radical (unpaired) electrons. The van der Waals surface area contributed by atoms with Crippen molar-refractivity contribution in [3.8, 4) is 5.75 Å². The number of nitrogens with one attached hydrogen (secondary N) is 1. The topological polar surface area (TPSA) is 61.7 Å². The van der Waals surface area contributed by atoms with Crippen LogP contribution in [-0.2, 0) is 0 Å². The van der Waals surface area contributed by atoms with E-state index in [4.69, 9.17) is 0 Å². The zero-order chi connectivity index (χ0) is 15.4. The maximum Gasteiger partial charge on any atom is 0.271 e. The molecule has 2 N–H and O–H groups in total. The monoisotopic (exact) mass is 284 g/mol. The third-order valence-corrected chi connectivity index (χ3v) is 3.72. The molecule has 0 fully saturated rings. The Hall–Kier alpha value is -2.36. The molecule has 1 atom stereocenters. The number of hydrogen-bond donors (Lipinski definition) is 2. The van der Waals surface area contributed by atoms with Crippen molar-refractivity contribution in [2.24, 2.45) is 11.0 Å². The molecule has 0 heterocycles. The standard InChI is InChI=1S/C17H20N2O2/c1-11(2)14-5-4-12(3)16(10-14)18-19-17(21)13-6-8-15(20)9-7-13/h4,6-9,14,20H,1,5,10H2,2-3H3,(H,19,21)/b18-16+. The van der Waals surface area contributed by atoms with Gasteiger partial charge in [-0.2, -0.15) is 5.10 Å². The number of hydrogen-bond acceptors (Lipinski definition) is 3. The van der Waals surface area contributed by atoms with E-state index in [1.807, 2.05) is 13.8 Å². The lowest BCUT2D eigenvalue weighted by molar-refractivity contribution is 0.0954. The highest BCUT2D eigenvalue weighted by Gasteiger charge is 2.18. The van der Waals surface area contributed by atoms with Gasteiger partial charge >= 0.3 is 0 Å². The summed E-state index contributed by atoms with van der Waals surface area (Å²) in [6, 6.07) is 6.08. The van der Waals surface area contributed by atoms with Crippen LogP contribution in [0, 0.1) is 5.92 Å². The number of benzene rings is 1. The summed E-state index contributed by atoms with van der Waals surface area (Å²) in [5.41, 5.74) is 6.16. The summed E-state index contributed by atoms with van der Waals surface area (Å²) >= 11 is 0. The lowest BCUT2D eigenvalue weighted by atomic mass is 9.85. The minimum atomic E-state index is -0.284. The Balaban J connectivity index is 2.07. The quantitative estimate of drug-likeness (QED) is 0.660. The highest BCUT2D eigenvalue weighted by molar-refractivity contribution is 6.02. The summed E-state index contributed by atoms with van der Waals surface area (Å²) in [5, 5.41) is 13.5. The number of phenolic OH excluding ortho intramolecular Hbond substituents is 1. The fourth-order valence-corrected chi connectivity index (χ4v) is 2.22. The van der Waals surface area contributed by atoms with Gasteiger partial charge < -0.3 is 5.11 Å². The van der Waals surface area contributed by atoms with Crippen LogP contribution in [0.5, 0.6) is 5.75 Å². The molecule has 0 saturated carbocycles. The number of rotatable bonds is 3. The van der Waals surface area contributed by atoms with Crippen LogP contribution in [0.2, 0.25) is 0 Å². The lowest BCUT2D eigenvalue weighted by Gasteiger charge is -2.22. The van der Waals surface area contributed by atoms with Crippen LogP contribution < -0.4 is 5.43 Å². The van der Waals surface area contributed by atoms with Crippen LogP contribution in [0.3, 0.4) is 0 Å². The average Bonchev–Trinajstić information content (AvgIpc) is 2.46. The number of aromatic hydroxyl groups is 1. The van der Waals surface area contributed by atoms with Gasteiger partial charge in [-0.25, -0.2) is 5.43 Å². The number of amides is 1. The van der Waals surface area contributed by atoms with Crippen molar-refractivity contribution in [2.75, 3.05) is 0 Å². The largest absolute Gasteiger partial charge is 0.508 e. The molecule has 4 heteroatoms. The summed E-state index contributed by atoms with van der Waals surface area (Å²) in [6.45, 7) is 8.01. The second-order valence-electron chi connectivity index (χ2n) is 5.42. The van der Waals surface area contributed by atoms with Crippen LogP contribution in [-0.4, -0.2) is 16.7 Å². The molecule has 0 spiro atoms. The van der Waals surface area contributed by atoms with E-state index in [0.29, 0.717) is 11.5 Å². The summed E-state index contributed by atoms with van der Waals surface area (Å²) in [5.74, 6) is 0.235. The molecule has 2 rings (SSSR count). The van der Waals surface area contributed by atoms with Gasteiger partial charge in [-0.3, -0.25) is 4.79 Å². The molecule has 0 bridgehead atoms. The van der Waals surface area contributed by atoms with E-state index in [1.54, 1.807) is 12.1 Å². The summed E-state index contributed by atoms with van der Waals surface area (Å²) < 4.78 is 0. The van der Waals surface area contributed by atoms with Crippen LogP contribution in [0.25, 0.3) is 0 Å². The molecule has 0 aromatic heterocycles. The highest BCUT2D eigenvalue weighted by atomic mass is 16.3. The second-order valence-corrected chi connectivity index (χ2v) is 5.42. The molecule has 4 nitrogen and oxygen atoms in total. The van der Waals surface area contributed by atoms with E-state index in [2.05, 4.69) is 23.2 Å². The maximum atomic E-state index is 12.0. The Bertz CT molecular complexity index is 612. The van der Waals surface area contributed by atoms with Crippen LogP contribution in [0.15, 0.2) is 53.2 Å². The van der Waals surface area contributed by atoms with Crippen LogP contribution >= 0.6 is 0 Å². The second kappa shape index (κ2) is 6.39. The van der Waals surface area contributed by atoms with Crippen molar-refractivity contribution >= 4 is 11.6 Å². The Labute approximate surface area is 124 Å². The molecule has 110 valence electrons. The van der Waals surface area contributed by atoms with Crippen molar-refractivity contribution in [3.05, 3.63) is 53.6 Å². The molecule has 1 aliphatic rings. The minimum Gasteiger partial charge on any atom is -0.508 e. The number of carbonyl (C=O) groups excluding carboxylic acids is 1. The van der Waals surface area contributed by atoms with E-state index in [0.717, 1.165) is 29.7 Å². The third-order valence-electron chi connectivity index (χ3n) is 3.72. The van der Waals surface area contributed by atoms with Gasteiger partial charge in [-0.15, -0.1) is 0 Å². The Morgan fingerprint density at radius 2 is 2.05 bits per heavy atom. The number of carbonyl (C=O) groups is 1. The molecule has 1 aromatic carbocycles. The number of allylic oxidation sites excluding steroid dienone is 3. The van der Waals surface area contributed by atoms with Gasteiger partial charge in [0.15, 0.2) is 0 Å². The highest BCUT2D eigenvalue weighted by Crippen LogP contribution is 2.26. The number of hydrazone groups is 1. The van der Waals surface area contributed by atoms with Gasteiger partial charge in [0.25, 0.3) is 5.91 Å². The SMILES string of the molecule is C=C(C)C1CC=C(C)/C(=N/NC(=O)c2ccc(O)cc2)C1. The zero-order valence-electron chi connectivity index (χ0n) is 12.4. The first-order valence-electron chi connectivity index (χ1n) is 6.96. The Morgan fingerprint density at radius 1 is 1.38 bits per heavy atom. The van der Waals surface area contributed by atoms with E-state index in [1.165, 1.54) is 12.1 Å². The average molecular weight is 284 g/mol. The van der Waals surface area contributed by atoms with Gasteiger partial charge in [-0.1, -0.05) is 18.2 Å². The molecule has 1 unspecified atom stereocenters. The van der Waals surface area contributed by atoms with Crippen molar-refractivity contribution in [1.29, 1.82) is 0 Å². The van der Waals surface area contributed by atoms with Crippen molar-refractivity contribution in [1.82, 2.24) is 5.43 Å². The molecule has 0 aliphatic heterocycles. The smallest absolute Gasteiger partial charge is 0.271 e. The Morgan fingerprint density at radius 3 is 2.67 bits per heavy atom. The first kappa shape index (κ1) is 15.0. The van der Waals surface area contributed by atoms with Gasteiger partial charge in [0.1, 0.15) is 5.75 Å². The van der Waals surface area contributed by atoms with E-state index >= 15 is 0 Å². The Kier molecular flexibility index (Phi) is 4.58. The van der Waals surface area contributed by atoms with Gasteiger partial charge in [-0.05, 0) is 62.4 Å². The normalized spacial score (nSPS) is 20.0. The van der Waals surface area contributed by atoms with Crippen molar-refractivity contribution in [2.45, 2.75) is 26.7 Å². The van der Waals surface area contributed by atoms with E-state index < -0.39 is 0 Å². The molecule has 1 aromatic rings. The third kappa shape index (κ3) is 3.81. The number of phenols is 1. The van der Waals surface area contributed by atoms with Gasteiger partial charge in [0.05, 0.1) is 5.71 Å². The van der Waals surface area contributed by atoms with E-state index in [-0.39, 0.29) is 11.7 Å². The summed E-state index contributed by atoms with van der Waals surface area (Å²) in [7, 11) is 0. The molecular formula is C17H20N2O2. The molecular weight excluding hydrogens is 264 g/mol. The molecule has 1 amide bonds. The zero-order valence-corrected chi connectivity index (χ0v) is 12.4. The minimum absolute atomic E-state index is 0.133. The lowest BCUT2D eigenvalue weighted by Crippen LogP contribution is -2.23. The molecule has 0 saturated heterocycles. The first-order valence-corrected chi connectivity index (χ1v) is 6.96. The van der Waals surface area contributed by atoms with Crippen LogP contribution in [0.1, 0.15) is 37.0 Å².